The summed E-state index contributed by atoms with van der Waals surface area (Å²) in [6.45, 7) is 8.98. The van der Waals surface area contributed by atoms with E-state index in [4.69, 9.17) is 15.1 Å². The molecule has 3 aromatic carbocycles. The van der Waals surface area contributed by atoms with Gasteiger partial charge in [0.2, 0.25) is 0 Å². The third-order valence-corrected chi connectivity index (χ3v) is 8.46. The van der Waals surface area contributed by atoms with E-state index in [-0.39, 0.29) is 25.8 Å². The molecule has 237 valence electrons. The van der Waals surface area contributed by atoms with Gasteiger partial charge in [0.25, 0.3) is 0 Å². The minimum atomic E-state index is -0.990. The largest absolute Gasteiger partial charge is 0.477 e. The number of aromatic nitrogens is 3. The number of hydrogen-bond acceptors (Lipinski definition) is 4. The van der Waals surface area contributed by atoms with Crippen LogP contribution in [0.5, 0.6) is 0 Å². The molecule has 0 saturated carbocycles. The number of pyridine rings is 3. The standard InChI is InChI=1S/C35H30N2.C6H5NO2.Ir/c1-23(2)26-16-18-30-28(21-26)29-22-27(24(3)4)17-19-31(29)35(30,33-14-8-9-20-36-33)34-15-10-13-32(37-34)25-11-6-5-7-12-25;8-6(9)5-3-1-2-4-7-5;/h5-11,13-18,20-24H,1-4H3;1-4H,(H,8,9);/q-2;;/t35-;;/m0../s1. The van der Waals surface area contributed by atoms with E-state index in [0.29, 0.717) is 11.8 Å². The first-order valence-corrected chi connectivity index (χ1v) is 15.5. The first-order valence-electron chi connectivity index (χ1n) is 15.5. The normalized spacial score (nSPS) is 14.4. The van der Waals surface area contributed by atoms with Crippen LogP contribution < -0.4 is 0 Å². The van der Waals surface area contributed by atoms with E-state index >= 15 is 0 Å². The molecule has 0 amide bonds. The topological polar surface area (TPSA) is 76.0 Å². The van der Waals surface area contributed by atoms with E-state index in [1.165, 1.54) is 40.1 Å². The molecule has 1 aliphatic rings. The zero-order valence-electron chi connectivity index (χ0n) is 26.7. The molecule has 0 aliphatic heterocycles. The van der Waals surface area contributed by atoms with Crippen molar-refractivity contribution < 1.29 is 30.0 Å². The molecule has 7 rings (SSSR count). The SMILES string of the molecule is CC(C)c1c[c-]c2c(c1)-c1cc(C(C)C)ccc1[C@]2(c1ccccn1)c1cccc(-c2[c-]cccc2)n1.O=C(O)c1ccccn1.[Ir]. The van der Waals surface area contributed by atoms with Gasteiger partial charge in [0.1, 0.15) is 5.69 Å². The van der Waals surface area contributed by atoms with Gasteiger partial charge in [-0.25, -0.2) is 9.78 Å². The molecule has 0 unspecified atom stereocenters. The molecule has 1 radical (unpaired) electrons. The summed E-state index contributed by atoms with van der Waals surface area (Å²) < 4.78 is 0. The van der Waals surface area contributed by atoms with E-state index in [2.05, 4.69) is 112 Å². The van der Waals surface area contributed by atoms with Crippen LogP contribution >= 0.6 is 0 Å². The van der Waals surface area contributed by atoms with Crippen LogP contribution in [0.1, 0.15) is 83.7 Å². The van der Waals surface area contributed by atoms with Gasteiger partial charge in [0.05, 0.1) is 11.1 Å². The molecule has 0 bridgehead atoms. The van der Waals surface area contributed by atoms with Gasteiger partial charge >= 0.3 is 5.97 Å². The number of hydrogen-bond donors (Lipinski definition) is 1. The Labute approximate surface area is 290 Å². The number of rotatable bonds is 6. The van der Waals surface area contributed by atoms with Crippen LogP contribution in [-0.2, 0) is 25.5 Å². The van der Waals surface area contributed by atoms with Gasteiger partial charge < -0.3 is 5.11 Å². The fourth-order valence-electron chi connectivity index (χ4n) is 6.06. The Kier molecular flexibility index (Phi) is 10.2. The second kappa shape index (κ2) is 14.3. The summed E-state index contributed by atoms with van der Waals surface area (Å²) in [7, 11) is 0. The van der Waals surface area contributed by atoms with E-state index in [0.717, 1.165) is 28.2 Å². The number of benzene rings is 3. The molecule has 0 spiro atoms. The van der Waals surface area contributed by atoms with Gasteiger partial charge in [-0.05, 0) is 53.1 Å². The summed E-state index contributed by atoms with van der Waals surface area (Å²) in [4.78, 5) is 24.0. The van der Waals surface area contributed by atoms with Crippen molar-refractivity contribution in [1.29, 1.82) is 0 Å². The zero-order valence-corrected chi connectivity index (χ0v) is 29.1. The smallest absolute Gasteiger partial charge is 0.354 e. The quantitative estimate of drug-likeness (QED) is 0.170. The minimum Gasteiger partial charge on any atom is -0.477 e. The Balaban J connectivity index is 0.000000377. The van der Waals surface area contributed by atoms with Gasteiger partial charge in [-0.3, -0.25) is 9.97 Å². The van der Waals surface area contributed by atoms with Gasteiger partial charge in [-0.2, -0.15) is 23.8 Å². The summed E-state index contributed by atoms with van der Waals surface area (Å²) in [5.41, 5.74) is 10.6. The van der Waals surface area contributed by atoms with Gasteiger partial charge in [0, 0.05) is 38.2 Å². The molecule has 1 N–H and O–H groups in total. The maximum atomic E-state index is 10.1. The van der Waals surface area contributed by atoms with E-state index < -0.39 is 11.4 Å². The van der Waals surface area contributed by atoms with Crippen LogP contribution in [0.4, 0.5) is 0 Å². The zero-order chi connectivity index (χ0) is 32.3. The molecule has 1 atom stereocenters. The van der Waals surface area contributed by atoms with Crippen molar-refractivity contribution in [2.75, 3.05) is 0 Å². The summed E-state index contributed by atoms with van der Waals surface area (Å²) in [6.07, 6.45) is 3.33. The predicted molar refractivity (Wildman–Crippen MR) is 182 cm³/mol. The number of aromatic carboxylic acids is 1. The molecular formula is C41H35IrN3O2-2. The van der Waals surface area contributed by atoms with Crippen molar-refractivity contribution in [3.63, 3.8) is 0 Å². The van der Waals surface area contributed by atoms with Crippen molar-refractivity contribution in [3.8, 4) is 22.4 Å². The summed E-state index contributed by atoms with van der Waals surface area (Å²) in [6, 6.07) is 43.8. The van der Waals surface area contributed by atoms with E-state index in [1.54, 1.807) is 12.1 Å². The molecule has 0 fully saturated rings. The van der Waals surface area contributed by atoms with Crippen LogP contribution in [-0.4, -0.2) is 26.0 Å². The first-order chi connectivity index (χ1) is 22.3. The van der Waals surface area contributed by atoms with Crippen LogP contribution in [0.25, 0.3) is 22.4 Å². The third-order valence-electron chi connectivity index (χ3n) is 8.46. The maximum absolute atomic E-state index is 10.1. The van der Waals surface area contributed by atoms with Crippen LogP contribution in [0.3, 0.4) is 0 Å². The number of carboxylic acid groups (broad SMARTS) is 1. The minimum absolute atomic E-state index is 0. The predicted octanol–water partition coefficient (Wildman–Crippen LogP) is 9.13. The van der Waals surface area contributed by atoms with Crippen molar-refractivity contribution >= 4 is 5.97 Å². The van der Waals surface area contributed by atoms with Gasteiger partial charge in [0.15, 0.2) is 0 Å². The van der Waals surface area contributed by atoms with Crippen LogP contribution in [0.2, 0.25) is 0 Å². The molecule has 0 saturated heterocycles. The summed E-state index contributed by atoms with van der Waals surface area (Å²) in [5, 5.41) is 8.32. The Morgan fingerprint density at radius 3 is 2.04 bits per heavy atom. The maximum Gasteiger partial charge on any atom is 0.354 e. The number of fused-ring (bicyclic) bond motifs is 3. The Bertz CT molecular complexity index is 1920. The Hall–Kier alpha value is -4.77. The monoisotopic (exact) mass is 794 g/mol. The van der Waals surface area contributed by atoms with Crippen LogP contribution in [0.15, 0.2) is 122 Å². The summed E-state index contributed by atoms with van der Waals surface area (Å²) in [5.74, 6) is -0.139. The Morgan fingerprint density at radius 2 is 1.43 bits per heavy atom. The molecule has 6 aromatic rings. The van der Waals surface area contributed by atoms with Gasteiger partial charge in [-0.15, -0.1) is 47.0 Å². The Morgan fingerprint density at radius 1 is 0.723 bits per heavy atom. The first kappa shape index (κ1) is 33.6. The molecule has 3 heterocycles. The second-order valence-corrected chi connectivity index (χ2v) is 12.0. The third kappa shape index (κ3) is 6.44. The van der Waals surface area contributed by atoms with Gasteiger partial charge in [-0.1, -0.05) is 81.6 Å². The second-order valence-electron chi connectivity index (χ2n) is 12.0. The summed E-state index contributed by atoms with van der Waals surface area (Å²) >= 11 is 0. The molecule has 47 heavy (non-hydrogen) atoms. The molecule has 5 nitrogen and oxygen atoms in total. The average Bonchev–Trinajstić information content (AvgIpc) is 3.39. The fourth-order valence-corrected chi connectivity index (χ4v) is 6.06. The van der Waals surface area contributed by atoms with Crippen molar-refractivity contribution in [3.05, 3.63) is 173 Å². The number of nitrogens with zero attached hydrogens (tertiary/aromatic N) is 3. The fraction of sp³-hybridized carbons (Fsp3) is 0.171. The van der Waals surface area contributed by atoms with Crippen LogP contribution in [0, 0.1) is 12.1 Å². The number of carbonyl (C=O) groups is 1. The number of carboxylic acids is 1. The van der Waals surface area contributed by atoms with Crippen molar-refractivity contribution in [2.24, 2.45) is 0 Å². The average molecular weight is 794 g/mol. The van der Waals surface area contributed by atoms with Crippen molar-refractivity contribution in [2.45, 2.75) is 44.9 Å². The van der Waals surface area contributed by atoms with Crippen molar-refractivity contribution in [1.82, 2.24) is 15.0 Å². The molecular weight excluding hydrogens is 759 g/mol. The molecule has 3 aromatic heterocycles. The molecule has 6 heteroatoms. The van der Waals surface area contributed by atoms with E-state index in [1.807, 2.05) is 30.5 Å². The van der Waals surface area contributed by atoms with E-state index in [9.17, 15) is 4.79 Å². The molecule has 1 aliphatic carbocycles.